The highest BCUT2D eigenvalue weighted by Crippen LogP contribution is 2.24. The van der Waals surface area contributed by atoms with Crippen LogP contribution in [0.15, 0.2) is 0 Å². The number of rotatable bonds is 0. The predicted molar refractivity (Wildman–Crippen MR) is 42.3 cm³/mol. The van der Waals surface area contributed by atoms with Crippen LogP contribution in [0.25, 0.3) is 0 Å². The first-order valence-electron chi connectivity index (χ1n) is 3.13. The second-order valence-electron chi connectivity index (χ2n) is 2.37. The lowest BCUT2D eigenvalue weighted by atomic mass is 9.98. The first kappa shape index (κ1) is 6.81. The third-order valence-electron chi connectivity index (χ3n) is 1.65. The van der Waals surface area contributed by atoms with Crippen molar-refractivity contribution < 1.29 is 5.11 Å². The number of aliphatic hydroxyl groups is 1. The zero-order valence-electron chi connectivity index (χ0n) is 4.81. The minimum absolute atomic E-state index is 0.00986. The van der Waals surface area contributed by atoms with Crippen LogP contribution in [0.1, 0.15) is 25.7 Å². The summed E-state index contributed by atoms with van der Waals surface area (Å²) < 4.78 is 0.529. The molecule has 0 amide bonds. The molecule has 0 heterocycles. The van der Waals surface area contributed by atoms with Crippen molar-refractivity contribution in [3.8, 4) is 0 Å². The Kier molecular flexibility index (Phi) is 2.56. The van der Waals surface area contributed by atoms with E-state index in [4.69, 9.17) is 0 Å². The van der Waals surface area contributed by atoms with Gasteiger partial charge in [0.25, 0.3) is 0 Å². The van der Waals surface area contributed by atoms with E-state index >= 15 is 0 Å². The van der Waals surface area contributed by atoms with Gasteiger partial charge in [-0.2, -0.15) is 0 Å². The molecule has 1 saturated carbocycles. The summed E-state index contributed by atoms with van der Waals surface area (Å²) in [5.74, 6) is 0. The quantitative estimate of drug-likeness (QED) is 0.492. The summed E-state index contributed by atoms with van der Waals surface area (Å²) in [6, 6.07) is 0. The fourth-order valence-corrected chi connectivity index (χ4v) is 1.87. The van der Waals surface area contributed by atoms with Gasteiger partial charge < -0.3 is 5.11 Å². The van der Waals surface area contributed by atoms with Crippen molar-refractivity contribution in [3.63, 3.8) is 0 Å². The standard InChI is InChI=1S/C6H11IO/c7-5-3-1-2-4-6(5)8/h5-6,8H,1-4H2/t5-,6-/m1/s1. The number of hydrogen-bond acceptors (Lipinski definition) is 1. The SMILES string of the molecule is O[C@@H]1CCCC[C@H]1I. The largest absolute Gasteiger partial charge is 0.392 e. The van der Waals surface area contributed by atoms with Gasteiger partial charge in [0, 0.05) is 3.92 Å². The van der Waals surface area contributed by atoms with Crippen molar-refractivity contribution in [2.45, 2.75) is 35.7 Å². The van der Waals surface area contributed by atoms with Crippen molar-refractivity contribution in [3.05, 3.63) is 0 Å². The summed E-state index contributed by atoms with van der Waals surface area (Å²) >= 11 is 2.33. The zero-order valence-corrected chi connectivity index (χ0v) is 6.97. The van der Waals surface area contributed by atoms with Crippen LogP contribution in [0, 0.1) is 0 Å². The summed E-state index contributed by atoms with van der Waals surface area (Å²) in [7, 11) is 0. The summed E-state index contributed by atoms with van der Waals surface area (Å²) in [6.07, 6.45) is 4.75. The molecule has 0 spiro atoms. The Morgan fingerprint density at radius 2 is 1.88 bits per heavy atom. The van der Waals surface area contributed by atoms with E-state index in [1.807, 2.05) is 0 Å². The van der Waals surface area contributed by atoms with Crippen molar-refractivity contribution in [1.29, 1.82) is 0 Å². The summed E-state index contributed by atoms with van der Waals surface area (Å²) in [6.45, 7) is 0. The predicted octanol–water partition coefficient (Wildman–Crippen LogP) is 1.72. The second-order valence-corrected chi connectivity index (χ2v) is 3.97. The van der Waals surface area contributed by atoms with E-state index in [0.29, 0.717) is 3.92 Å². The van der Waals surface area contributed by atoms with Crippen molar-refractivity contribution in [2.75, 3.05) is 0 Å². The maximum atomic E-state index is 9.17. The molecule has 48 valence electrons. The molecule has 2 heteroatoms. The highest BCUT2D eigenvalue weighted by molar-refractivity contribution is 14.1. The van der Waals surface area contributed by atoms with Gasteiger partial charge in [-0.3, -0.25) is 0 Å². The Morgan fingerprint density at radius 3 is 2.25 bits per heavy atom. The van der Waals surface area contributed by atoms with Gasteiger partial charge in [-0.15, -0.1) is 0 Å². The fraction of sp³-hybridized carbons (Fsp3) is 1.00. The molecule has 1 aliphatic carbocycles. The van der Waals surface area contributed by atoms with Gasteiger partial charge in [0.15, 0.2) is 0 Å². The van der Waals surface area contributed by atoms with Crippen molar-refractivity contribution in [2.24, 2.45) is 0 Å². The third kappa shape index (κ3) is 1.58. The van der Waals surface area contributed by atoms with E-state index < -0.39 is 0 Å². The molecule has 8 heavy (non-hydrogen) atoms. The van der Waals surface area contributed by atoms with Gasteiger partial charge in [-0.05, 0) is 12.8 Å². The molecule has 0 aromatic rings. The molecule has 0 radical (unpaired) electrons. The Hall–Kier alpha value is 0.690. The van der Waals surface area contributed by atoms with Gasteiger partial charge in [0.05, 0.1) is 6.10 Å². The molecule has 0 bridgehead atoms. The molecule has 0 saturated heterocycles. The smallest absolute Gasteiger partial charge is 0.0657 e. The van der Waals surface area contributed by atoms with Gasteiger partial charge in [-0.25, -0.2) is 0 Å². The van der Waals surface area contributed by atoms with Crippen LogP contribution in [0.4, 0.5) is 0 Å². The van der Waals surface area contributed by atoms with E-state index in [1.165, 1.54) is 19.3 Å². The fourth-order valence-electron chi connectivity index (χ4n) is 1.07. The van der Waals surface area contributed by atoms with E-state index in [-0.39, 0.29) is 6.10 Å². The molecular formula is C6H11IO. The molecule has 0 aromatic heterocycles. The summed E-state index contributed by atoms with van der Waals surface area (Å²) in [5.41, 5.74) is 0. The molecular weight excluding hydrogens is 215 g/mol. The zero-order chi connectivity index (χ0) is 5.98. The van der Waals surface area contributed by atoms with Gasteiger partial charge in [0.1, 0.15) is 0 Å². The molecule has 1 rings (SSSR count). The maximum absolute atomic E-state index is 9.17. The Labute approximate surface area is 63.6 Å². The van der Waals surface area contributed by atoms with Crippen LogP contribution < -0.4 is 0 Å². The van der Waals surface area contributed by atoms with Crippen LogP contribution in [0.2, 0.25) is 0 Å². The highest BCUT2D eigenvalue weighted by Gasteiger charge is 2.18. The lowest BCUT2D eigenvalue weighted by Gasteiger charge is -2.21. The molecule has 1 fully saturated rings. The molecule has 2 atom stereocenters. The van der Waals surface area contributed by atoms with E-state index in [2.05, 4.69) is 22.6 Å². The number of hydrogen-bond donors (Lipinski definition) is 1. The summed E-state index contributed by atoms with van der Waals surface area (Å²) in [5, 5.41) is 9.17. The van der Waals surface area contributed by atoms with Crippen molar-refractivity contribution >= 4 is 22.6 Å². The molecule has 1 aliphatic rings. The van der Waals surface area contributed by atoms with Crippen LogP contribution in [0.5, 0.6) is 0 Å². The number of aliphatic hydroxyl groups excluding tert-OH is 1. The van der Waals surface area contributed by atoms with Crippen LogP contribution in [-0.4, -0.2) is 15.1 Å². The van der Waals surface area contributed by atoms with Gasteiger partial charge in [0.2, 0.25) is 0 Å². The maximum Gasteiger partial charge on any atom is 0.0657 e. The first-order valence-corrected chi connectivity index (χ1v) is 4.37. The van der Waals surface area contributed by atoms with Crippen molar-refractivity contribution in [1.82, 2.24) is 0 Å². The second kappa shape index (κ2) is 3.01. The molecule has 1 nitrogen and oxygen atoms in total. The first-order chi connectivity index (χ1) is 3.80. The molecule has 0 aromatic carbocycles. The summed E-state index contributed by atoms with van der Waals surface area (Å²) in [4.78, 5) is 0. The average Bonchev–Trinajstić information content (AvgIpc) is 1.77. The number of alkyl halides is 1. The van der Waals surface area contributed by atoms with Crippen LogP contribution in [-0.2, 0) is 0 Å². The van der Waals surface area contributed by atoms with Gasteiger partial charge >= 0.3 is 0 Å². The minimum Gasteiger partial charge on any atom is -0.392 e. The lowest BCUT2D eigenvalue weighted by Crippen LogP contribution is -2.23. The monoisotopic (exact) mass is 226 g/mol. The molecule has 0 aliphatic heterocycles. The Morgan fingerprint density at radius 1 is 1.25 bits per heavy atom. The third-order valence-corrected chi connectivity index (χ3v) is 3.10. The average molecular weight is 226 g/mol. The lowest BCUT2D eigenvalue weighted by molar-refractivity contribution is 0.142. The topological polar surface area (TPSA) is 20.2 Å². The minimum atomic E-state index is -0.00986. The van der Waals surface area contributed by atoms with E-state index in [1.54, 1.807) is 0 Å². The normalized spacial score (nSPS) is 39.8. The molecule has 0 unspecified atom stereocenters. The Bertz CT molecular complexity index is 64.9. The number of halogens is 1. The van der Waals surface area contributed by atoms with Crippen LogP contribution in [0.3, 0.4) is 0 Å². The van der Waals surface area contributed by atoms with Gasteiger partial charge in [-0.1, -0.05) is 35.4 Å². The highest BCUT2D eigenvalue weighted by atomic mass is 127. The molecule has 1 N–H and O–H groups in total. The van der Waals surface area contributed by atoms with E-state index in [9.17, 15) is 5.11 Å². The van der Waals surface area contributed by atoms with Crippen LogP contribution >= 0.6 is 22.6 Å². The Balaban J connectivity index is 2.28. The van der Waals surface area contributed by atoms with E-state index in [0.717, 1.165) is 6.42 Å².